The summed E-state index contributed by atoms with van der Waals surface area (Å²) >= 11 is 3.37. The molecule has 1 aliphatic heterocycles. The van der Waals surface area contributed by atoms with Crippen LogP contribution in [0.25, 0.3) is 0 Å². The molecular weight excluding hydrogens is 400 g/mol. The van der Waals surface area contributed by atoms with Gasteiger partial charge in [0.25, 0.3) is 11.8 Å². The van der Waals surface area contributed by atoms with Crippen molar-refractivity contribution >= 4 is 27.7 Å². The zero-order valence-corrected chi connectivity index (χ0v) is 16.2. The van der Waals surface area contributed by atoms with Gasteiger partial charge in [-0.25, -0.2) is 0 Å². The molecule has 1 N–H and O–H groups in total. The summed E-state index contributed by atoms with van der Waals surface area (Å²) < 4.78 is 5.85. The van der Waals surface area contributed by atoms with E-state index in [0.717, 1.165) is 24.1 Å². The highest BCUT2D eigenvalue weighted by molar-refractivity contribution is 9.10. The lowest BCUT2D eigenvalue weighted by Crippen LogP contribution is -2.50. The van der Waals surface area contributed by atoms with Crippen LogP contribution in [-0.2, 0) is 0 Å². The SMILES string of the molecule is Cc1cc(C(=O)N2CCN(CCNC(=O)c3cccc(Br)c3)CC2)no1. The number of nitrogens with one attached hydrogen (secondary N) is 1. The fraction of sp³-hybridized carbons (Fsp3) is 0.389. The molecule has 3 rings (SSSR count). The van der Waals surface area contributed by atoms with Gasteiger partial charge >= 0.3 is 0 Å². The number of piperazine rings is 1. The van der Waals surface area contributed by atoms with Crippen molar-refractivity contribution in [2.24, 2.45) is 0 Å². The second-order valence-corrected chi connectivity index (χ2v) is 7.14. The number of hydrogen-bond donors (Lipinski definition) is 1. The summed E-state index contributed by atoms with van der Waals surface area (Å²) in [4.78, 5) is 28.5. The molecule has 8 heteroatoms. The third-order valence-electron chi connectivity index (χ3n) is 4.31. The van der Waals surface area contributed by atoms with E-state index in [-0.39, 0.29) is 11.8 Å². The van der Waals surface area contributed by atoms with Crippen molar-refractivity contribution in [3.05, 3.63) is 51.8 Å². The zero-order valence-electron chi connectivity index (χ0n) is 14.6. The minimum atomic E-state index is -0.0931. The Morgan fingerprint density at radius 3 is 2.65 bits per heavy atom. The van der Waals surface area contributed by atoms with E-state index in [1.807, 2.05) is 12.1 Å². The van der Waals surface area contributed by atoms with E-state index in [4.69, 9.17) is 4.52 Å². The van der Waals surface area contributed by atoms with Gasteiger partial charge in [-0.2, -0.15) is 0 Å². The number of amides is 2. The molecule has 0 saturated carbocycles. The number of carbonyl (C=O) groups excluding carboxylic acids is 2. The van der Waals surface area contributed by atoms with E-state index < -0.39 is 0 Å². The molecule has 0 atom stereocenters. The van der Waals surface area contributed by atoms with Crippen LogP contribution < -0.4 is 5.32 Å². The molecule has 1 fully saturated rings. The highest BCUT2D eigenvalue weighted by Gasteiger charge is 2.24. The van der Waals surface area contributed by atoms with Gasteiger partial charge in [0.2, 0.25) is 0 Å². The Morgan fingerprint density at radius 1 is 1.23 bits per heavy atom. The second-order valence-electron chi connectivity index (χ2n) is 6.22. The van der Waals surface area contributed by atoms with E-state index in [1.54, 1.807) is 30.0 Å². The van der Waals surface area contributed by atoms with Crippen LogP contribution in [0.4, 0.5) is 0 Å². The van der Waals surface area contributed by atoms with Crippen LogP contribution in [0.3, 0.4) is 0 Å². The van der Waals surface area contributed by atoms with Crippen molar-refractivity contribution in [1.29, 1.82) is 0 Å². The van der Waals surface area contributed by atoms with Gasteiger partial charge in [-0.05, 0) is 25.1 Å². The maximum absolute atomic E-state index is 12.3. The summed E-state index contributed by atoms with van der Waals surface area (Å²) in [5.74, 6) is 0.458. The third-order valence-corrected chi connectivity index (χ3v) is 4.80. The number of aryl methyl sites for hydroxylation is 1. The van der Waals surface area contributed by atoms with Crippen LogP contribution in [0, 0.1) is 6.92 Å². The monoisotopic (exact) mass is 420 g/mol. The highest BCUT2D eigenvalue weighted by atomic mass is 79.9. The van der Waals surface area contributed by atoms with Crippen molar-refractivity contribution in [2.45, 2.75) is 6.92 Å². The predicted octanol–water partition coefficient (Wildman–Crippen LogP) is 1.93. The first-order valence-electron chi connectivity index (χ1n) is 8.51. The molecule has 26 heavy (non-hydrogen) atoms. The number of hydrogen-bond acceptors (Lipinski definition) is 5. The quantitative estimate of drug-likeness (QED) is 0.799. The molecule has 0 unspecified atom stereocenters. The van der Waals surface area contributed by atoms with Gasteiger partial charge in [-0.3, -0.25) is 14.5 Å². The second kappa shape index (κ2) is 8.46. The lowest BCUT2D eigenvalue weighted by Gasteiger charge is -2.34. The largest absolute Gasteiger partial charge is 0.361 e. The van der Waals surface area contributed by atoms with Gasteiger partial charge in [-0.1, -0.05) is 27.2 Å². The van der Waals surface area contributed by atoms with Crippen LogP contribution in [0.5, 0.6) is 0 Å². The molecule has 0 radical (unpaired) electrons. The van der Waals surface area contributed by atoms with Crippen molar-refractivity contribution in [3.63, 3.8) is 0 Å². The summed E-state index contributed by atoms with van der Waals surface area (Å²) in [6.45, 7) is 5.93. The molecule has 1 aromatic carbocycles. The van der Waals surface area contributed by atoms with E-state index in [9.17, 15) is 9.59 Å². The minimum absolute atomic E-state index is 0.0819. The number of carbonyl (C=O) groups is 2. The third kappa shape index (κ3) is 4.70. The Labute approximate surface area is 160 Å². The number of benzene rings is 1. The topological polar surface area (TPSA) is 78.7 Å². The Kier molecular flexibility index (Phi) is 6.05. The summed E-state index contributed by atoms with van der Waals surface area (Å²) in [6.07, 6.45) is 0. The molecular formula is C18H21BrN4O3. The normalized spacial score (nSPS) is 15.1. The fourth-order valence-electron chi connectivity index (χ4n) is 2.86. The van der Waals surface area contributed by atoms with Gasteiger partial charge in [-0.15, -0.1) is 0 Å². The molecule has 2 amide bonds. The summed E-state index contributed by atoms with van der Waals surface area (Å²) in [6, 6.07) is 8.97. The molecule has 2 heterocycles. The van der Waals surface area contributed by atoms with Crippen molar-refractivity contribution in [1.82, 2.24) is 20.3 Å². The first-order chi connectivity index (χ1) is 12.5. The molecule has 0 spiro atoms. The first-order valence-corrected chi connectivity index (χ1v) is 9.31. The van der Waals surface area contributed by atoms with Crippen LogP contribution in [0.1, 0.15) is 26.6 Å². The standard InChI is InChI=1S/C18H21BrN4O3/c1-13-11-16(21-26-13)18(25)23-9-7-22(8-10-23)6-5-20-17(24)14-3-2-4-15(19)12-14/h2-4,11-12H,5-10H2,1H3,(H,20,24). The van der Waals surface area contributed by atoms with E-state index in [1.165, 1.54) is 0 Å². The smallest absolute Gasteiger partial charge is 0.276 e. The Hall–Kier alpha value is -2.19. The van der Waals surface area contributed by atoms with Gasteiger partial charge in [0.15, 0.2) is 5.69 Å². The van der Waals surface area contributed by atoms with Gasteiger partial charge < -0.3 is 14.7 Å². The molecule has 7 nitrogen and oxygen atoms in total. The maximum atomic E-state index is 12.3. The molecule has 1 saturated heterocycles. The van der Waals surface area contributed by atoms with Crippen LogP contribution >= 0.6 is 15.9 Å². The van der Waals surface area contributed by atoms with Gasteiger partial charge in [0, 0.05) is 55.4 Å². The molecule has 0 bridgehead atoms. The minimum Gasteiger partial charge on any atom is -0.361 e. The van der Waals surface area contributed by atoms with E-state index in [2.05, 4.69) is 31.3 Å². The van der Waals surface area contributed by atoms with Crippen molar-refractivity contribution in [3.8, 4) is 0 Å². The van der Waals surface area contributed by atoms with E-state index in [0.29, 0.717) is 36.7 Å². The maximum Gasteiger partial charge on any atom is 0.276 e. The van der Waals surface area contributed by atoms with Crippen LogP contribution in [-0.4, -0.2) is 66.0 Å². The van der Waals surface area contributed by atoms with E-state index >= 15 is 0 Å². The zero-order chi connectivity index (χ0) is 18.5. The molecule has 2 aromatic rings. The number of rotatable bonds is 5. The van der Waals surface area contributed by atoms with Crippen LogP contribution in [0.2, 0.25) is 0 Å². The first kappa shape index (κ1) is 18.6. The summed E-state index contributed by atoms with van der Waals surface area (Å²) in [5, 5.41) is 6.71. The van der Waals surface area contributed by atoms with Gasteiger partial charge in [0.05, 0.1) is 0 Å². The summed E-state index contributed by atoms with van der Waals surface area (Å²) in [5.41, 5.74) is 0.995. The molecule has 1 aliphatic rings. The Bertz CT molecular complexity index is 784. The predicted molar refractivity (Wildman–Crippen MR) is 100 cm³/mol. The molecule has 0 aliphatic carbocycles. The van der Waals surface area contributed by atoms with Crippen molar-refractivity contribution in [2.75, 3.05) is 39.3 Å². The fourth-order valence-corrected chi connectivity index (χ4v) is 3.26. The van der Waals surface area contributed by atoms with Gasteiger partial charge in [0.1, 0.15) is 5.76 Å². The Morgan fingerprint density at radius 2 is 2.00 bits per heavy atom. The number of aromatic nitrogens is 1. The highest BCUT2D eigenvalue weighted by Crippen LogP contribution is 2.12. The summed E-state index contributed by atoms with van der Waals surface area (Å²) in [7, 11) is 0. The van der Waals surface area contributed by atoms with Crippen molar-refractivity contribution < 1.29 is 14.1 Å². The average Bonchev–Trinajstić information content (AvgIpc) is 3.08. The number of halogens is 1. The average molecular weight is 421 g/mol. The molecule has 138 valence electrons. The van der Waals surface area contributed by atoms with Crippen LogP contribution in [0.15, 0.2) is 39.3 Å². The molecule has 1 aromatic heterocycles. The Balaban J connectivity index is 1.40. The lowest BCUT2D eigenvalue weighted by molar-refractivity contribution is 0.0628. The number of nitrogens with zero attached hydrogens (tertiary/aromatic N) is 3. The lowest BCUT2D eigenvalue weighted by atomic mass is 10.2.